The lowest BCUT2D eigenvalue weighted by Gasteiger charge is -2.26. The van der Waals surface area contributed by atoms with Gasteiger partial charge in [-0.2, -0.15) is 0 Å². The average Bonchev–Trinajstić information content (AvgIpc) is 3.39. The summed E-state index contributed by atoms with van der Waals surface area (Å²) in [6.45, 7) is 4.65. The first-order chi connectivity index (χ1) is 15.0. The average molecular weight is 420 g/mol. The van der Waals surface area contributed by atoms with E-state index in [9.17, 15) is 4.79 Å². The predicted octanol–water partition coefficient (Wildman–Crippen LogP) is 4.11. The summed E-state index contributed by atoms with van der Waals surface area (Å²) in [6.07, 6.45) is 4.86. The zero-order valence-corrected chi connectivity index (χ0v) is 18.6. The van der Waals surface area contributed by atoms with E-state index in [1.54, 1.807) is 6.20 Å². The number of rotatable bonds is 6. The number of hydrogen-bond acceptors (Lipinski definition) is 6. The molecule has 7 heteroatoms. The van der Waals surface area contributed by atoms with Gasteiger partial charge in [0.15, 0.2) is 5.76 Å². The van der Waals surface area contributed by atoms with Gasteiger partial charge in [0.2, 0.25) is 11.9 Å². The van der Waals surface area contributed by atoms with Gasteiger partial charge in [-0.3, -0.25) is 4.79 Å². The van der Waals surface area contributed by atoms with Crippen LogP contribution in [0.3, 0.4) is 0 Å². The molecular formula is C24H29N5O2. The minimum absolute atomic E-state index is 0.0928. The normalized spacial score (nSPS) is 16.0. The summed E-state index contributed by atoms with van der Waals surface area (Å²) in [5.41, 5.74) is 4.65. The lowest BCUT2D eigenvalue weighted by molar-refractivity contribution is -0.132. The summed E-state index contributed by atoms with van der Waals surface area (Å²) in [5, 5.41) is 4.11. The first-order valence-corrected chi connectivity index (χ1v) is 10.8. The first kappa shape index (κ1) is 21.0. The summed E-state index contributed by atoms with van der Waals surface area (Å²) in [7, 11) is 3.83. The molecule has 0 radical (unpaired) electrons. The number of carbonyl (C=O) groups is 1. The third kappa shape index (κ3) is 4.31. The van der Waals surface area contributed by atoms with Crippen molar-refractivity contribution in [3.63, 3.8) is 0 Å². The molecule has 7 nitrogen and oxygen atoms in total. The Morgan fingerprint density at radius 1 is 1.23 bits per heavy atom. The van der Waals surface area contributed by atoms with E-state index in [1.165, 1.54) is 5.56 Å². The van der Waals surface area contributed by atoms with E-state index in [1.807, 2.05) is 55.9 Å². The second kappa shape index (κ2) is 8.88. The van der Waals surface area contributed by atoms with Gasteiger partial charge in [0.1, 0.15) is 0 Å². The number of nitrogens with zero attached hydrogens (tertiary/aromatic N) is 5. The molecule has 1 saturated heterocycles. The zero-order valence-electron chi connectivity index (χ0n) is 18.6. The van der Waals surface area contributed by atoms with Gasteiger partial charge in [-0.1, -0.05) is 35.5 Å². The van der Waals surface area contributed by atoms with Crippen LogP contribution in [0, 0.1) is 13.8 Å². The van der Waals surface area contributed by atoms with E-state index in [0.29, 0.717) is 18.1 Å². The van der Waals surface area contributed by atoms with Crippen LogP contribution in [-0.4, -0.2) is 46.6 Å². The molecule has 0 spiro atoms. The molecule has 0 N–H and O–H groups in total. The summed E-state index contributed by atoms with van der Waals surface area (Å²) >= 11 is 0. The number of aromatic nitrogens is 3. The Morgan fingerprint density at radius 2 is 2.00 bits per heavy atom. The quantitative estimate of drug-likeness (QED) is 0.599. The van der Waals surface area contributed by atoms with Crippen molar-refractivity contribution in [2.24, 2.45) is 0 Å². The van der Waals surface area contributed by atoms with Crippen molar-refractivity contribution in [2.75, 3.05) is 25.5 Å². The minimum atomic E-state index is -0.0928. The maximum Gasteiger partial charge on any atom is 0.225 e. The molecule has 0 bridgehead atoms. The highest BCUT2D eigenvalue weighted by Crippen LogP contribution is 2.38. The fraction of sp³-hybridized carbons (Fsp3) is 0.417. The molecule has 0 aliphatic carbocycles. The fourth-order valence-electron chi connectivity index (χ4n) is 4.09. The minimum Gasteiger partial charge on any atom is -0.356 e. The van der Waals surface area contributed by atoms with E-state index in [-0.39, 0.29) is 11.9 Å². The Bertz CT molecular complexity index is 1060. The number of aryl methyl sites for hydroxylation is 2. The number of anilines is 1. The zero-order chi connectivity index (χ0) is 22.0. The van der Waals surface area contributed by atoms with E-state index in [4.69, 9.17) is 9.51 Å². The van der Waals surface area contributed by atoms with Crippen LogP contribution < -0.4 is 4.90 Å². The van der Waals surface area contributed by atoms with Gasteiger partial charge in [0.05, 0.1) is 23.0 Å². The Morgan fingerprint density at radius 3 is 2.68 bits per heavy atom. The van der Waals surface area contributed by atoms with Gasteiger partial charge >= 0.3 is 0 Å². The monoisotopic (exact) mass is 419 g/mol. The van der Waals surface area contributed by atoms with Crippen LogP contribution in [-0.2, 0) is 11.2 Å². The maximum atomic E-state index is 13.2. The molecule has 0 unspecified atom stereocenters. The summed E-state index contributed by atoms with van der Waals surface area (Å²) < 4.78 is 5.64. The highest BCUT2D eigenvalue weighted by Gasteiger charge is 2.34. The van der Waals surface area contributed by atoms with Gasteiger partial charge in [-0.25, -0.2) is 9.97 Å². The van der Waals surface area contributed by atoms with Crippen LogP contribution >= 0.6 is 0 Å². The van der Waals surface area contributed by atoms with Gasteiger partial charge in [0.25, 0.3) is 0 Å². The molecule has 4 rings (SSSR count). The lowest BCUT2D eigenvalue weighted by Crippen LogP contribution is -2.32. The van der Waals surface area contributed by atoms with E-state index in [2.05, 4.69) is 22.3 Å². The Kier molecular flexibility index (Phi) is 6.02. The van der Waals surface area contributed by atoms with Crippen LogP contribution in [0.1, 0.15) is 47.8 Å². The molecule has 3 aromatic rings. The molecule has 1 aliphatic rings. The molecule has 2 aromatic heterocycles. The third-order valence-electron chi connectivity index (χ3n) is 5.97. The van der Waals surface area contributed by atoms with Crippen LogP contribution in [0.5, 0.6) is 0 Å². The van der Waals surface area contributed by atoms with Crippen molar-refractivity contribution >= 4 is 11.9 Å². The highest BCUT2D eigenvalue weighted by atomic mass is 16.5. The van der Waals surface area contributed by atoms with Crippen LogP contribution in [0.25, 0.3) is 11.3 Å². The first-order valence-electron chi connectivity index (χ1n) is 10.8. The molecule has 1 fully saturated rings. The SMILES string of the molecule is Cc1noc(-c2cnc(N(C)C)nc2[C@@H]2CCCN2C(=O)CCc2ccccc2)c1C. The highest BCUT2D eigenvalue weighted by molar-refractivity contribution is 5.78. The predicted molar refractivity (Wildman–Crippen MR) is 120 cm³/mol. The number of likely N-dealkylation sites (tertiary alicyclic amines) is 1. The number of carbonyl (C=O) groups excluding carboxylic acids is 1. The second-order valence-corrected chi connectivity index (χ2v) is 8.32. The number of hydrogen-bond donors (Lipinski definition) is 0. The molecule has 1 aliphatic heterocycles. The fourth-order valence-corrected chi connectivity index (χ4v) is 4.09. The van der Waals surface area contributed by atoms with Crippen molar-refractivity contribution < 1.29 is 9.32 Å². The largest absolute Gasteiger partial charge is 0.356 e. The van der Waals surface area contributed by atoms with Crippen molar-refractivity contribution in [3.8, 4) is 11.3 Å². The standard InChI is InChI=1S/C24H29N5O2/c1-16-17(2)27-31-23(16)19-15-25-24(28(3)4)26-22(19)20-11-8-14-29(20)21(30)13-12-18-9-6-5-7-10-18/h5-7,9-10,15,20H,8,11-14H2,1-4H3/t20-/m0/s1. The lowest BCUT2D eigenvalue weighted by atomic mass is 10.0. The number of amides is 1. The van der Waals surface area contributed by atoms with Crippen molar-refractivity contribution in [1.29, 1.82) is 0 Å². The Labute approximate surface area is 183 Å². The molecule has 31 heavy (non-hydrogen) atoms. The van der Waals surface area contributed by atoms with Gasteiger partial charge in [-0.05, 0) is 38.7 Å². The topological polar surface area (TPSA) is 75.4 Å². The molecule has 162 valence electrons. The summed E-state index contributed by atoms with van der Waals surface area (Å²) in [5.74, 6) is 1.46. The Balaban J connectivity index is 1.65. The smallest absolute Gasteiger partial charge is 0.225 e. The van der Waals surface area contributed by atoms with Crippen molar-refractivity contribution in [1.82, 2.24) is 20.0 Å². The van der Waals surface area contributed by atoms with Crippen molar-refractivity contribution in [2.45, 2.75) is 45.6 Å². The molecular weight excluding hydrogens is 390 g/mol. The molecule has 3 heterocycles. The Hall–Kier alpha value is -3.22. The molecule has 1 aromatic carbocycles. The number of benzene rings is 1. The van der Waals surface area contributed by atoms with Gasteiger partial charge in [0, 0.05) is 38.8 Å². The molecule has 1 atom stereocenters. The van der Waals surface area contributed by atoms with Crippen molar-refractivity contribution in [3.05, 3.63) is 59.0 Å². The van der Waals surface area contributed by atoms with E-state index >= 15 is 0 Å². The van der Waals surface area contributed by atoms with Gasteiger partial charge < -0.3 is 14.3 Å². The molecule has 0 saturated carbocycles. The maximum absolute atomic E-state index is 13.2. The third-order valence-corrected chi connectivity index (χ3v) is 5.97. The van der Waals surface area contributed by atoms with Gasteiger partial charge in [-0.15, -0.1) is 0 Å². The summed E-state index contributed by atoms with van der Waals surface area (Å²) in [4.78, 5) is 26.4. The van der Waals surface area contributed by atoms with Crippen LogP contribution in [0.4, 0.5) is 5.95 Å². The second-order valence-electron chi connectivity index (χ2n) is 8.32. The van der Waals surface area contributed by atoms with Crippen LogP contribution in [0.15, 0.2) is 41.1 Å². The van der Waals surface area contributed by atoms with Crippen LogP contribution in [0.2, 0.25) is 0 Å². The van der Waals surface area contributed by atoms with E-state index < -0.39 is 0 Å². The van der Waals surface area contributed by atoms with E-state index in [0.717, 1.165) is 48.3 Å². The molecule has 1 amide bonds. The summed E-state index contributed by atoms with van der Waals surface area (Å²) in [6, 6.07) is 10.1.